The maximum absolute atomic E-state index is 5.87. The first-order valence-corrected chi connectivity index (χ1v) is 7.85. The van der Waals surface area contributed by atoms with Crippen molar-refractivity contribution in [3.8, 4) is 17.2 Å². The highest BCUT2D eigenvalue weighted by molar-refractivity contribution is 9.10. The molecule has 0 amide bonds. The summed E-state index contributed by atoms with van der Waals surface area (Å²) in [5.74, 6) is 2.39. The molecule has 3 nitrogen and oxygen atoms in total. The third-order valence-electron chi connectivity index (χ3n) is 3.01. The molecule has 0 unspecified atom stereocenters. The molecule has 112 valence electrons. The molecule has 1 atom stereocenters. The minimum Gasteiger partial charge on any atom is -0.494 e. The Bertz CT molecular complexity index is 582. The van der Waals surface area contributed by atoms with E-state index >= 15 is 0 Å². The molecule has 0 aliphatic heterocycles. The van der Waals surface area contributed by atoms with Gasteiger partial charge < -0.3 is 15.2 Å². The van der Waals surface area contributed by atoms with Crippen LogP contribution in [0, 0.1) is 0 Å². The largest absolute Gasteiger partial charge is 0.494 e. The smallest absolute Gasteiger partial charge is 0.141 e. The minimum absolute atomic E-state index is 0.00495. The number of ether oxygens (including phenoxy) is 2. The standard InChI is InChI=1S/C17H20BrNO2/c1-3-10-20-14-5-7-15(8-6-14)21-17-9-4-13(12(2)19)11-16(17)18/h4-9,11-12H,3,10,19H2,1-2H3/t12-/m1/s1. The third-order valence-corrected chi connectivity index (χ3v) is 3.63. The van der Waals surface area contributed by atoms with E-state index in [9.17, 15) is 0 Å². The lowest BCUT2D eigenvalue weighted by atomic mass is 10.1. The Labute approximate surface area is 134 Å². The molecular formula is C17H20BrNO2. The van der Waals surface area contributed by atoms with Gasteiger partial charge in [0, 0.05) is 6.04 Å². The molecule has 0 aliphatic rings. The fraction of sp³-hybridized carbons (Fsp3) is 0.294. The zero-order chi connectivity index (χ0) is 15.2. The SMILES string of the molecule is CCCOc1ccc(Oc2ccc([C@@H](C)N)cc2Br)cc1. The summed E-state index contributed by atoms with van der Waals surface area (Å²) in [6, 6.07) is 13.5. The third kappa shape index (κ3) is 4.48. The number of nitrogens with two attached hydrogens (primary N) is 1. The summed E-state index contributed by atoms with van der Waals surface area (Å²) < 4.78 is 12.3. The quantitative estimate of drug-likeness (QED) is 0.793. The highest BCUT2D eigenvalue weighted by Gasteiger charge is 2.07. The van der Waals surface area contributed by atoms with E-state index in [0.717, 1.165) is 40.3 Å². The second-order valence-corrected chi connectivity index (χ2v) is 5.75. The van der Waals surface area contributed by atoms with Crippen LogP contribution in [0.4, 0.5) is 0 Å². The van der Waals surface area contributed by atoms with Crippen molar-refractivity contribution in [1.82, 2.24) is 0 Å². The molecular weight excluding hydrogens is 330 g/mol. The van der Waals surface area contributed by atoms with Gasteiger partial charge in [0.05, 0.1) is 11.1 Å². The Kier molecular flexibility index (Phi) is 5.65. The molecule has 0 bridgehead atoms. The average Bonchev–Trinajstić information content (AvgIpc) is 2.48. The number of hydrogen-bond acceptors (Lipinski definition) is 3. The molecule has 21 heavy (non-hydrogen) atoms. The zero-order valence-corrected chi connectivity index (χ0v) is 13.9. The molecule has 2 aromatic rings. The molecule has 0 heterocycles. The fourth-order valence-electron chi connectivity index (χ4n) is 1.83. The van der Waals surface area contributed by atoms with Gasteiger partial charge in [-0.15, -0.1) is 0 Å². The molecule has 2 aromatic carbocycles. The van der Waals surface area contributed by atoms with Crippen molar-refractivity contribution < 1.29 is 9.47 Å². The van der Waals surface area contributed by atoms with E-state index in [1.54, 1.807) is 0 Å². The Morgan fingerprint density at radius 1 is 1.10 bits per heavy atom. The first-order valence-electron chi connectivity index (χ1n) is 7.06. The van der Waals surface area contributed by atoms with Crippen LogP contribution in [0.15, 0.2) is 46.9 Å². The van der Waals surface area contributed by atoms with E-state index < -0.39 is 0 Å². The molecule has 0 aliphatic carbocycles. The van der Waals surface area contributed by atoms with Gasteiger partial charge in [0.1, 0.15) is 17.2 Å². The van der Waals surface area contributed by atoms with E-state index in [2.05, 4.69) is 22.9 Å². The molecule has 2 N–H and O–H groups in total. The van der Waals surface area contributed by atoms with Crippen LogP contribution < -0.4 is 15.2 Å². The van der Waals surface area contributed by atoms with E-state index in [-0.39, 0.29) is 6.04 Å². The second-order valence-electron chi connectivity index (χ2n) is 4.90. The van der Waals surface area contributed by atoms with Crippen molar-refractivity contribution in [1.29, 1.82) is 0 Å². The molecule has 4 heteroatoms. The predicted octanol–water partition coefficient (Wildman–Crippen LogP) is 5.05. The van der Waals surface area contributed by atoms with E-state index in [1.807, 2.05) is 49.4 Å². The first-order chi connectivity index (χ1) is 10.1. The zero-order valence-electron chi connectivity index (χ0n) is 12.3. The molecule has 0 spiro atoms. The Hall–Kier alpha value is -1.52. The first kappa shape index (κ1) is 15.9. The van der Waals surface area contributed by atoms with Gasteiger partial charge in [-0.2, -0.15) is 0 Å². The van der Waals surface area contributed by atoms with Crippen LogP contribution in [0.2, 0.25) is 0 Å². The fourth-order valence-corrected chi connectivity index (χ4v) is 2.31. The number of hydrogen-bond donors (Lipinski definition) is 1. The summed E-state index contributed by atoms with van der Waals surface area (Å²) in [6.07, 6.45) is 0.997. The number of rotatable bonds is 6. The van der Waals surface area contributed by atoms with Gasteiger partial charge in [0.15, 0.2) is 0 Å². The van der Waals surface area contributed by atoms with Crippen molar-refractivity contribution in [3.63, 3.8) is 0 Å². The lowest BCUT2D eigenvalue weighted by Crippen LogP contribution is -2.04. The molecule has 2 rings (SSSR count). The van der Waals surface area contributed by atoms with Crippen molar-refractivity contribution in [2.45, 2.75) is 26.3 Å². The van der Waals surface area contributed by atoms with Crippen LogP contribution in [0.25, 0.3) is 0 Å². The molecule has 0 saturated heterocycles. The topological polar surface area (TPSA) is 44.5 Å². The van der Waals surface area contributed by atoms with Crippen LogP contribution in [0.3, 0.4) is 0 Å². The van der Waals surface area contributed by atoms with Gasteiger partial charge in [-0.3, -0.25) is 0 Å². The molecule has 0 aromatic heterocycles. The summed E-state index contributed by atoms with van der Waals surface area (Å²) in [5, 5.41) is 0. The maximum atomic E-state index is 5.87. The van der Waals surface area contributed by atoms with Crippen LogP contribution in [-0.2, 0) is 0 Å². The van der Waals surface area contributed by atoms with E-state index in [0.29, 0.717) is 0 Å². The number of benzene rings is 2. The van der Waals surface area contributed by atoms with Crippen molar-refractivity contribution in [3.05, 3.63) is 52.5 Å². The van der Waals surface area contributed by atoms with Gasteiger partial charge in [0.25, 0.3) is 0 Å². The Morgan fingerprint density at radius 3 is 2.33 bits per heavy atom. The summed E-state index contributed by atoms with van der Waals surface area (Å²) in [7, 11) is 0. The van der Waals surface area contributed by atoms with E-state index in [1.165, 1.54) is 0 Å². The van der Waals surface area contributed by atoms with Gasteiger partial charge in [-0.05, 0) is 71.2 Å². The minimum atomic E-state index is 0.00495. The maximum Gasteiger partial charge on any atom is 0.141 e. The Morgan fingerprint density at radius 2 is 1.76 bits per heavy atom. The summed E-state index contributed by atoms with van der Waals surface area (Å²) in [6.45, 7) is 4.77. The normalized spacial score (nSPS) is 12.0. The van der Waals surface area contributed by atoms with Gasteiger partial charge in [0.2, 0.25) is 0 Å². The van der Waals surface area contributed by atoms with Crippen molar-refractivity contribution in [2.75, 3.05) is 6.61 Å². The van der Waals surface area contributed by atoms with Crippen LogP contribution in [0.1, 0.15) is 31.9 Å². The lowest BCUT2D eigenvalue weighted by molar-refractivity contribution is 0.317. The second kappa shape index (κ2) is 7.48. The highest BCUT2D eigenvalue weighted by atomic mass is 79.9. The highest BCUT2D eigenvalue weighted by Crippen LogP contribution is 2.32. The van der Waals surface area contributed by atoms with Gasteiger partial charge in [-0.25, -0.2) is 0 Å². The predicted molar refractivity (Wildman–Crippen MR) is 89.0 cm³/mol. The van der Waals surface area contributed by atoms with Crippen molar-refractivity contribution >= 4 is 15.9 Å². The lowest BCUT2D eigenvalue weighted by Gasteiger charge is -2.12. The monoisotopic (exact) mass is 349 g/mol. The summed E-state index contributed by atoms with van der Waals surface area (Å²) in [5.41, 5.74) is 6.93. The van der Waals surface area contributed by atoms with Crippen molar-refractivity contribution in [2.24, 2.45) is 5.73 Å². The Balaban J connectivity index is 2.07. The average molecular weight is 350 g/mol. The summed E-state index contributed by atoms with van der Waals surface area (Å²) >= 11 is 3.52. The van der Waals surface area contributed by atoms with Crippen LogP contribution >= 0.6 is 15.9 Å². The van der Waals surface area contributed by atoms with E-state index in [4.69, 9.17) is 15.2 Å². The van der Waals surface area contributed by atoms with Crippen LogP contribution in [-0.4, -0.2) is 6.61 Å². The molecule has 0 fully saturated rings. The van der Waals surface area contributed by atoms with Crippen LogP contribution in [0.5, 0.6) is 17.2 Å². The van der Waals surface area contributed by atoms with Gasteiger partial charge in [-0.1, -0.05) is 13.0 Å². The number of halogens is 1. The van der Waals surface area contributed by atoms with Gasteiger partial charge >= 0.3 is 0 Å². The molecule has 0 radical (unpaired) electrons. The molecule has 0 saturated carbocycles. The summed E-state index contributed by atoms with van der Waals surface area (Å²) in [4.78, 5) is 0.